The maximum atomic E-state index is 13.8. The van der Waals surface area contributed by atoms with Gasteiger partial charge in [0.25, 0.3) is 27.9 Å². The minimum Gasteiger partial charge on any atom is -0.468 e. The Morgan fingerprint density at radius 1 is 0.500 bits per heavy atom. The quantitative estimate of drug-likeness (QED) is 0.110. The zero-order chi connectivity index (χ0) is 71.2. The van der Waals surface area contributed by atoms with E-state index < -0.39 is 10.2 Å². The molecular formula is C77H122N14O8S. The smallest absolute Gasteiger partial charge is 0.319 e. The van der Waals surface area contributed by atoms with Crippen LogP contribution in [0.5, 0.6) is 0 Å². The first-order valence-electron chi connectivity index (χ1n) is 39.1. The summed E-state index contributed by atoms with van der Waals surface area (Å²) in [4.78, 5) is 69.7. The number of rotatable bonds is 14. The van der Waals surface area contributed by atoms with Gasteiger partial charge in [-0.1, -0.05) is 120 Å². The fraction of sp³-hybridized carbons (Fsp3) is 0.818. The minimum atomic E-state index is -3.56. The Bertz CT molecular complexity index is 3670. The van der Waals surface area contributed by atoms with Gasteiger partial charge in [0.15, 0.2) is 17.1 Å². The summed E-state index contributed by atoms with van der Waals surface area (Å²) in [5.41, 5.74) is 8.47. The second-order valence-electron chi connectivity index (χ2n) is 35.9. The van der Waals surface area contributed by atoms with Gasteiger partial charge in [0.1, 0.15) is 0 Å². The second kappa shape index (κ2) is 27.9. The van der Waals surface area contributed by atoms with E-state index in [1.807, 2.05) is 11.8 Å². The van der Waals surface area contributed by atoms with Crippen LogP contribution in [0.25, 0.3) is 0 Å². The second-order valence-corrected chi connectivity index (χ2v) is 38.1. The highest BCUT2D eigenvalue weighted by Crippen LogP contribution is 2.65. The molecule has 9 saturated carbocycles. The van der Waals surface area contributed by atoms with Gasteiger partial charge in [-0.3, -0.25) is 38.1 Å². The molecule has 554 valence electrons. The normalized spacial score (nSPS) is 31.3. The summed E-state index contributed by atoms with van der Waals surface area (Å²) in [7, 11) is 0.980. The van der Waals surface area contributed by atoms with Crippen molar-refractivity contribution in [1.82, 2.24) is 69.0 Å². The van der Waals surface area contributed by atoms with Gasteiger partial charge in [0, 0.05) is 125 Å². The molecule has 3 aliphatic heterocycles. The SMILES string of the molecule is CCNC(=O)N1CCc2c(c(C(=O)NC3C4(C)CCC(C4)C3(C)C)nn2C2CCCCC2)C1.CN(C)S(=O)(=O)N1CCc2c(c(C(=O)NC3C4(C)CCC(C4)C3(C)C)nn2C2CCCCC2)C1.COC(=O)CN1CCc2c(c(C(=O)NC3C4(C)CCC(C4)C3(C)C)nn2C2CCCCC2)C1. The number of hydrogen-bond donors (Lipinski definition) is 4. The molecule has 12 aliphatic rings. The van der Waals surface area contributed by atoms with Crippen LogP contribution in [0.1, 0.15) is 307 Å². The van der Waals surface area contributed by atoms with Gasteiger partial charge in [-0.25, -0.2) is 4.79 Å². The van der Waals surface area contributed by atoms with Crippen molar-refractivity contribution in [2.24, 2.45) is 50.2 Å². The lowest BCUT2D eigenvalue weighted by atomic mass is 9.68. The summed E-state index contributed by atoms with van der Waals surface area (Å²) in [6.07, 6.45) is 30.8. The number of fused-ring (bicyclic) bond motifs is 9. The number of urea groups is 1. The van der Waals surface area contributed by atoms with Crippen LogP contribution in [0.2, 0.25) is 0 Å². The molecule has 6 bridgehead atoms. The van der Waals surface area contributed by atoms with Crippen molar-refractivity contribution in [3.8, 4) is 0 Å². The van der Waals surface area contributed by atoms with E-state index in [0.29, 0.717) is 92.1 Å². The molecule has 0 saturated heterocycles. The van der Waals surface area contributed by atoms with Crippen LogP contribution in [0.3, 0.4) is 0 Å². The predicted molar refractivity (Wildman–Crippen MR) is 385 cm³/mol. The van der Waals surface area contributed by atoms with Crippen molar-refractivity contribution in [3.05, 3.63) is 50.9 Å². The van der Waals surface area contributed by atoms with Gasteiger partial charge in [0.05, 0.1) is 38.3 Å². The minimum absolute atomic E-state index is 0.0347. The number of esters is 1. The Labute approximate surface area is 596 Å². The molecule has 22 nitrogen and oxygen atoms in total. The lowest BCUT2D eigenvalue weighted by molar-refractivity contribution is -0.142. The summed E-state index contributed by atoms with van der Waals surface area (Å²) >= 11 is 0. The molecule has 4 N–H and O–H groups in total. The zero-order valence-electron chi connectivity index (χ0n) is 63.1. The van der Waals surface area contributed by atoms with Crippen molar-refractivity contribution < 1.29 is 37.1 Å². The first-order chi connectivity index (χ1) is 47.4. The van der Waals surface area contributed by atoms with E-state index in [0.717, 1.165) is 93.1 Å². The molecule has 23 heteroatoms. The number of aromatic nitrogens is 6. The van der Waals surface area contributed by atoms with E-state index >= 15 is 0 Å². The summed E-state index contributed by atoms with van der Waals surface area (Å²) in [6.45, 7) is 26.8. The molecule has 15 rings (SSSR count). The van der Waals surface area contributed by atoms with Crippen LogP contribution < -0.4 is 21.3 Å². The molecule has 9 fully saturated rings. The first-order valence-corrected chi connectivity index (χ1v) is 40.5. The fourth-order valence-corrected chi connectivity index (χ4v) is 23.7. The maximum Gasteiger partial charge on any atom is 0.319 e. The van der Waals surface area contributed by atoms with E-state index in [1.165, 1.54) is 130 Å². The standard InChI is InChI=1S/C26H41N5O2.C26H40N4O3.C25H41N5O3S/c1-5-27-24(33)30-14-12-20-19(16-30)21(29-31(20)18-9-7-6-8-10-18)22(32)28-23-25(2,3)17-11-13-26(23,4)15-17;1-25(2)17-10-12-26(3,14-17)24(25)27-23(32)22-19-15-29(16-21(31)33-4)13-11-20(19)30(28-22)18-8-6-5-7-9-18;1-24(2)17-11-13-25(3,15-17)23(24)26-22(31)21-19-16-29(34(32,33)28(4)5)14-12-20(19)30(27-21)18-9-7-6-8-10-18/h17-18,23H,5-16H2,1-4H3,(H,27,33)(H,28,32);17-18,24H,5-16H2,1-4H3,(H,27,32);17-18,23H,6-16H2,1-5H3,(H,26,31). The third-order valence-corrected chi connectivity index (χ3v) is 30.2. The Morgan fingerprint density at radius 2 is 0.860 bits per heavy atom. The number of methoxy groups -OCH3 is 1. The number of ether oxygens (including phenoxy) is 1. The van der Waals surface area contributed by atoms with E-state index in [4.69, 9.17) is 20.0 Å². The van der Waals surface area contributed by atoms with Crippen molar-refractivity contribution in [2.45, 2.75) is 298 Å². The van der Waals surface area contributed by atoms with Crippen molar-refractivity contribution in [3.63, 3.8) is 0 Å². The number of carbonyl (C=O) groups is 5. The average Bonchev–Trinajstić information content (AvgIpc) is 1.57. The van der Waals surface area contributed by atoms with Crippen molar-refractivity contribution in [1.29, 1.82) is 0 Å². The van der Waals surface area contributed by atoms with E-state index in [2.05, 4.69) is 103 Å². The van der Waals surface area contributed by atoms with Crippen molar-refractivity contribution >= 4 is 39.9 Å². The van der Waals surface area contributed by atoms with Gasteiger partial charge >= 0.3 is 12.0 Å². The molecule has 0 aromatic carbocycles. The van der Waals surface area contributed by atoms with Crippen LogP contribution in [-0.2, 0) is 58.6 Å². The molecule has 0 spiro atoms. The van der Waals surface area contributed by atoms with Crippen LogP contribution in [0, 0.1) is 50.2 Å². The van der Waals surface area contributed by atoms with Gasteiger partial charge in [-0.05, 0) is 153 Å². The van der Waals surface area contributed by atoms with Crippen molar-refractivity contribution in [2.75, 3.05) is 53.9 Å². The largest absolute Gasteiger partial charge is 0.468 e. The molecule has 6 heterocycles. The lowest BCUT2D eigenvalue weighted by Gasteiger charge is -2.43. The topological polar surface area (TPSA) is 243 Å². The Kier molecular flexibility index (Phi) is 20.4. The molecule has 9 atom stereocenters. The van der Waals surface area contributed by atoms with Gasteiger partial charge in [-0.15, -0.1) is 0 Å². The first kappa shape index (κ1) is 72.9. The maximum absolute atomic E-state index is 13.8. The van der Waals surface area contributed by atoms with E-state index in [1.54, 1.807) is 14.1 Å². The number of nitrogens with zero attached hydrogens (tertiary/aromatic N) is 10. The molecule has 100 heavy (non-hydrogen) atoms. The highest BCUT2D eigenvalue weighted by molar-refractivity contribution is 7.86. The predicted octanol–water partition coefficient (Wildman–Crippen LogP) is 11.8. The van der Waals surface area contributed by atoms with Gasteiger partial charge < -0.3 is 30.9 Å². The number of hydrogen-bond acceptors (Lipinski definition) is 12. The fourth-order valence-electron chi connectivity index (χ4n) is 22.6. The Morgan fingerprint density at radius 3 is 1.21 bits per heavy atom. The lowest BCUT2D eigenvalue weighted by Crippen LogP contribution is -2.52. The third-order valence-electron chi connectivity index (χ3n) is 28.3. The number of amides is 5. The number of nitrogens with one attached hydrogen (secondary N) is 4. The zero-order valence-corrected chi connectivity index (χ0v) is 63.9. The van der Waals surface area contributed by atoms with Gasteiger partial charge in [0.2, 0.25) is 0 Å². The molecule has 3 aromatic rings. The van der Waals surface area contributed by atoms with E-state index in [9.17, 15) is 32.4 Å². The van der Waals surface area contributed by atoms with Crippen LogP contribution in [0.15, 0.2) is 0 Å². The molecule has 0 radical (unpaired) electrons. The monoisotopic (exact) mass is 1400 g/mol. The van der Waals surface area contributed by atoms with Crippen LogP contribution >= 0.6 is 0 Å². The summed E-state index contributed by atoms with van der Waals surface area (Å²) in [5, 5.41) is 28.1. The average molecular weight is 1400 g/mol. The highest BCUT2D eigenvalue weighted by atomic mass is 32.2. The summed E-state index contributed by atoms with van der Waals surface area (Å²) in [6, 6.07) is 1.45. The van der Waals surface area contributed by atoms with E-state index in [-0.39, 0.29) is 93.4 Å². The molecule has 9 aliphatic carbocycles. The summed E-state index contributed by atoms with van der Waals surface area (Å²) in [5.74, 6) is 1.53. The molecular weight excluding hydrogens is 1280 g/mol. The third kappa shape index (κ3) is 13.3. The molecule has 3 aromatic heterocycles. The van der Waals surface area contributed by atoms with Crippen LogP contribution in [-0.4, -0.2) is 158 Å². The highest BCUT2D eigenvalue weighted by Gasteiger charge is 2.63. The Balaban J connectivity index is 0.000000134. The van der Waals surface area contributed by atoms with Gasteiger partial charge in [-0.2, -0.15) is 32.3 Å². The molecule has 5 amide bonds. The molecule has 9 unspecified atom stereocenters. The van der Waals surface area contributed by atoms with Crippen LogP contribution in [0.4, 0.5) is 4.79 Å². The Hall–Kier alpha value is -5.39. The number of carbonyl (C=O) groups excluding carboxylic acids is 5. The summed E-state index contributed by atoms with van der Waals surface area (Å²) < 4.78 is 39.9.